The van der Waals surface area contributed by atoms with Crippen LogP contribution in [0, 0.1) is 18.3 Å². The zero-order valence-corrected chi connectivity index (χ0v) is 6.73. The summed E-state index contributed by atoms with van der Waals surface area (Å²) in [5.41, 5.74) is 1.34. The summed E-state index contributed by atoms with van der Waals surface area (Å²) in [6, 6.07) is 1.89. The van der Waals surface area contributed by atoms with Crippen LogP contribution in [0.15, 0.2) is 12.5 Å². The lowest BCUT2D eigenvalue weighted by atomic mass is 10.1. The Morgan fingerprint density at radius 2 is 2.50 bits per heavy atom. The van der Waals surface area contributed by atoms with E-state index >= 15 is 0 Å². The van der Waals surface area contributed by atoms with E-state index in [1.165, 1.54) is 12.5 Å². The van der Waals surface area contributed by atoms with Gasteiger partial charge in [-0.05, 0) is 6.92 Å². The number of nitriles is 1. The minimum atomic E-state index is -0.767. The van der Waals surface area contributed by atoms with Crippen LogP contribution >= 0.6 is 0 Å². The predicted molar refractivity (Wildman–Crippen MR) is 42.0 cm³/mol. The molecule has 0 saturated heterocycles. The maximum Gasteiger partial charge on any atom is 0.115 e. The highest BCUT2D eigenvalue weighted by Gasteiger charge is 2.09. The van der Waals surface area contributed by atoms with Gasteiger partial charge >= 0.3 is 0 Å². The summed E-state index contributed by atoms with van der Waals surface area (Å²) in [5.74, 6) is 0. The molecule has 0 saturated carbocycles. The highest BCUT2D eigenvalue weighted by Crippen LogP contribution is 2.16. The quantitative estimate of drug-likeness (QED) is 0.697. The topological polar surface area (TPSA) is 69.8 Å². The molecule has 0 fully saturated rings. The van der Waals surface area contributed by atoms with E-state index in [9.17, 15) is 5.11 Å². The van der Waals surface area contributed by atoms with Crippen molar-refractivity contribution in [1.29, 1.82) is 5.26 Å². The highest BCUT2D eigenvalue weighted by atomic mass is 16.3. The zero-order valence-electron chi connectivity index (χ0n) is 6.73. The van der Waals surface area contributed by atoms with E-state index < -0.39 is 6.10 Å². The Labute approximate surface area is 70.5 Å². The molecule has 1 aromatic heterocycles. The van der Waals surface area contributed by atoms with Crippen LogP contribution in [0.3, 0.4) is 0 Å². The molecule has 4 heteroatoms. The molecule has 1 aromatic rings. The normalized spacial score (nSPS) is 12.1. The second-order valence-corrected chi connectivity index (χ2v) is 2.44. The van der Waals surface area contributed by atoms with Crippen LogP contribution in [0.4, 0.5) is 0 Å². The lowest BCUT2D eigenvalue weighted by Gasteiger charge is -2.07. The molecule has 0 radical (unpaired) electrons. The number of hydrogen-bond donors (Lipinski definition) is 1. The van der Waals surface area contributed by atoms with Gasteiger partial charge < -0.3 is 5.11 Å². The molecule has 0 amide bonds. The zero-order chi connectivity index (χ0) is 8.97. The van der Waals surface area contributed by atoms with Gasteiger partial charge in [-0.3, -0.25) is 0 Å². The number of aryl methyl sites for hydroxylation is 1. The third-order valence-electron chi connectivity index (χ3n) is 1.59. The molecule has 1 N–H and O–H groups in total. The second kappa shape index (κ2) is 3.79. The third kappa shape index (κ3) is 1.77. The Kier molecular flexibility index (Phi) is 2.72. The first-order chi connectivity index (χ1) is 5.75. The summed E-state index contributed by atoms with van der Waals surface area (Å²) in [6.07, 6.45) is 2.26. The fraction of sp³-hybridized carbons (Fsp3) is 0.375. The van der Waals surface area contributed by atoms with E-state index in [1.807, 2.05) is 6.07 Å². The largest absolute Gasteiger partial charge is 0.387 e. The van der Waals surface area contributed by atoms with Crippen LogP contribution in [0.25, 0.3) is 0 Å². The molecule has 0 bridgehead atoms. The molecule has 0 aromatic carbocycles. The number of aliphatic hydroxyl groups excluding tert-OH is 1. The van der Waals surface area contributed by atoms with Crippen molar-refractivity contribution in [3.63, 3.8) is 0 Å². The van der Waals surface area contributed by atoms with Gasteiger partial charge in [-0.1, -0.05) is 0 Å². The molecular formula is C8H9N3O. The fourth-order valence-electron chi connectivity index (χ4n) is 0.925. The summed E-state index contributed by atoms with van der Waals surface area (Å²) in [7, 11) is 0. The third-order valence-corrected chi connectivity index (χ3v) is 1.59. The summed E-state index contributed by atoms with van der Waals surface area (Å²) in [4.78, 5) is 7.67. The maximum atomic E-state index is 9.40. The second-order valence-electron chi connectivity index (χ2n) is 2.44. The van der Waals surface area contributed by atoms with Crippen molar-refractivity contribution < 1.29 is 5.11 Å². The number of rotatable bonds is 2. The number of hydrogen-bond acceptors (Lipinski definition) is 4. The molecule has 4 nitrogen and oxygen atoms in total. The van der Waals surface area contributed by atoms with Crippen molar-refractivity contribution in [2.45, 2.75) is 19.4 Å². The average molecular weight is 163 g/mol. The average Bonchev–Trinajstić information content (AvgIpc) is 2.05. The van der Waals surface area contributed by atoms with E-state index in [4.69, 9.17) is 5.26 Å². The van der Waals surface area contributed by atoms with Gasteiger partial charge in [-0.2, -0.15) is 5.26 Å². The van der Waals surface area contributed by atoms with Crippen molar-refractivity contribution in [2.24, 2.45) is 0 Å². The lowest BCUT2D eigenvalue weighted by molar-refractivity contribution is 0.181. The molecule has 1 rings (SSSR count). The Hall–Kier alpha value is -1.47. The number of aliphatic hydroxyl groups is 1. The number of aromatic nitrogens is 2. The molecule has 12 heavy (non-hydrogen) atoms. The molecule has 62 valence electrons. The van der Waals surface area contributed by atoms with E-state index in [0.717, 1.165) is 0 Å². The van der Waals surface area contributed by atoms with Crippen molar-refractivity contribution in [2.75, 3.05) is 0 Å². The molecule has 1 unspecified atom stereocenters. The van der Waals surface area contributed by atoms with Gasteiger partial charge in [0.05, 0.1) is 18.6 Å². The minimum Gasteiger partial charge on any atom is -0.387 e. The smallest absolute Gasteiger partial charge is 0.115 e. The highest BCUT2D eigenvalue weighted by molar-refractivity contribution is 5.17. The number of nitrogens with zero attached hydrogens (tertiary/aromatic N) is 3. The Balaban J connectivity index is 2.88. The first-order valence-corrected chi connectivity index (χ1v) is 3.57. The molecule has 1 atom stereocenters. The first-order valence-electron chi connectivity index (χ1n) is 3.57. The van der Waals surface area contributed by atoms with E-state index in [0.29, 0.717) is 11.3 Å². The minimum absolute atomic E-state index is 0.0776. The van der Waals surface area contributed by atoms with Crippen molar-refractivity contribution in [3.05, 3.63) is 23.8 Å². The molecule has 0 aliphatic heterocycles. The molecule has 1 heterocycles. The summed E-state index contributed by atoms with van der Waals surface area (Å²) in [5, 5.41) is 17.7. The molecule has 0 spiro atoms. The van der Waals surface area contributed by atoms with Crippen molar-refractivity contribution in [3.8, 4) is 6.07 Å². The fourth-order valence-corrected chi connectivity index (χ4v) is 0.925. The van der Waals surface area contributed by atoms with Gasteiger partial charge in [0.1, 0.15) is 6.33 Å². The van der Waals surface area contributed by atoms with E-state index in [1.54, 1.807) is 6.92 Å². The van der Waals surface area contributed by atoms with Gasteiger partial charge in [-0.25, -0.2) is 9.97 Å². The monoisotopic (exact) mass is 163 g/mol. The summed E-state index contributed by atoms with van der Waals surface area (Å²) < 4.78 is 0. The predicted octanol–water partition coefficient (Wildman–Crippen LogP) is 0.732. The van der Waals surface area contributed by atoms with Gasteiger partial charge in [0, 0.05) is 17.5 Å². The Morgan fingerprint density at radius 3 is 3.08 bits per heavy atom. The van der Waals surface area contributed by atoms with Crippen LogP contribution in [-0.2, 0) is 0 Å². The van der Waals surface area contributed by atoms with Gasteiger partial charge in [-0.15, -0.1) is 0 Å². The van der Waals surface area contributed by atoms with Gasteiger partial charge in [0.15, 0.2) is 0 Å². The van der Waals surface area contributed by atoms with E-state index in [-0.39, 0.29) is 6.42 Å². The van der Waals surface area contributed by atoms with Crippen molar-refractivity contribution in [1.82, 2.24) is 9.97 Å². The molecule has 0 aliphatic carbocycles. The maximum absolute atomic E-state index is 9.40. The van der Waals surface area contributed by atoms with Crippen molar-refractivity contribution >= 4 is 0 Å². The summed E-state index contributed by atoms with van der Waals surface area (Å²) in [6.45, 7) is 1.78. The molecule has 0 aliphatic rings. The standard InChI is InChI=1S/C8H9N3O/c1-6-7(4-10-5-11-6)8(12)2-3-9/h4-5,8,12H,2H2,1H3. The van der Waals surface area contributed by atoms with Crippen LogP contribution in [0.5, 0.6) is 0 Å². The molecular weight excluding hydrogens is 154 g/mol. The van der Waals surface area contributed by atoms with Crippen LogP contribution < -0.4 is 0 Å². The Bertz CT molecular complexity index is 305. The van der Waals surface area contributed by atoms with Crippen LogP contribution in [-0.4, -0.2) is 15.1 Å². The SMILES string of the molecule is Cc1ncncc1C(O)CC#N. The Morgan fingerprint density at radius 1 is 1.75 bits per heavy atom. The lowest BCUT2D eigenvalue weighted by Crippen LogP contribution is -2.01. The van der Waals surface area contributed by atoms with Crippen LogP contribution in [0.2, 0.25) is 0 Å². The van der Waals surface area contributed by atoms with Crippen LogP contribution in [0.1, 0.15) is 23.8 Å². The van der Waals surface area contributed by atoms with E-state index in [2.05, 4.69) is 9.97 Å². The first kappa shape index (κ1) is 8.62. The van der Waals surface area contributed by atoms with Gasteiger partial charge in [0.2, 0.25) is 0 Å². The summed E-state index contributed by atoms with van der Waals surface area (Å²) >= 11 is 0. The van der Waals surface area contributed by atoms with Gasteiger partial charge in [0.25, 0.3) is 0 Å².